The van der Waals surface area contributed by atoms with Crippen LogP contribution in [0.3, 0.4) is 0 Å². The van der Waals surface area contributed by atoms with Gasteiger partial charge in [0.15, 0.2) is 0 Å². The predicted octanol–water partition coefficient (Wildman–Crippen LogP) is 2.46. The zero-order valence-electron chi connectivity index (χ0n) is 10.9. The van der Waals surface area contributed by atoms with Crippen LogP contribution in [0.4, 0.5) is 14.5 Å². The van der Waals surface area contributed by atoms with Crippen molar-refractivity contribution in [2.75, 3.05) is 11.9 Å². The predicted molar refractivity (Wildman–Crippen MR) is 69.1 cm³/mol. The summed E-state index contributed by atoms with van der Waals surface area (Å²) in [6, 6.07) is 5.87. The van der Waals surface area contributed by atoms with Crippen molar-refractivity contribution in [1.29, 1.82) is 0 Å². The molecule has 1 rings (SSSR count). The summed E-state index contributed by atoms with van der Waals surface area (Å²) in [4.78, 5) is 11.9. The van der Waals surface area contributed by atoms with Crippen LogP contribution in [0.15, 0.2) is 24.3 Å². The lowest BCUT2D eigenvalue weighted by Crippen LogP contribution is -2.33. The van der Waals surface area contributed by atoms with Gasteiger partial charge in [-0.2, -0.15) is 8.78 Å². The molecule has 0 saturated carbocycles. The Balaban J connectivity index is 2.73. The monoisotopic (exact) mass is 272 g/mol. The molecule has 0 bridgehead atoms. The third kappa shape index (κ3) is 4.82. The molecule has 3 N–H and O–H groups in total. The fraction of sp³-hybridized carbons (Fsp3) is 0.462. The van der Waals surface area contributed by atoms with E-state index in [1.165, 1.54) is 18.2 Å². The first-order valence-corrected chi connectivity index (χ1v) is 5.99. The summed E-state index contributed by atoms with van der Waals surface area (Å²) in [5.74, 6) is -0.446. The van der Waals surface area contributed by atoms with E-state index in [0.29, 0.717) is 5.69 Å². The van der Waals surface area contributed by atoms with Crippen molar-refractivity contribution in [2.24, 2.45) is 17.6 Å². The third-order valence-corrected chi connectivity index (χ3v) is 2.72. The molecular weight excluding hydrogens is 254 g/mol. The van der Waals surface area contributed by atoms with E-state index in [-0.39, 0.29) is 30.0 Å². The van der Waals surface area contributed by atoms with Gasteiger partial charge >= 0.3 is 6.61 Å². The molecule has 0 radical (unpaired) electrons. The molecule has 0 heterocycles. The summed E-state index contributed by atoms with van der Waals surface area (Å²) >= 11 is 0. The van der Waals surface area contributed by atoms with Crippen molar-refractivity contribution >= 4 is 11.6 Å². The van der Waals surface area contributed by atoms with E-state index in [1.807, 2.05) is 13.8 Å². The Morgan fingerprint density at radius 1 is 1.42 bits per heavy atom. The minimum absolute atomic E-state index is 0.00152. The number of carbonyl (C=O) groups is 1. The van der Waals surface area contributed by atoms with Crippen LogP contribution >= 0.6 is 0 Å². The minimum Gasteiger partial charge on any atom is -0.435 e. The van der Waals surface area contributed by atoms with Crippen molar-refractivity contribution in [3.05, 3.63) is 24.3 Å². The summed E-state index contributed by atoms with van der Waals surface area (Å²) in [6.07, 6.45) is 0. The molecule has 1 aromatic carbocycles. The minimum atomic E-state index is -2.89. The average Bonchev–Trinajstić information content (AvgIpc) is 2.28. The zero-order valence-corrected chi connectivity index (χ0v) is 10.9. The van der Waals surface area contributed by atoms with Gasteiger partial charge in [0.2, 0.25) is 5.91 Å². The summed E-state index contributed by atoms with van der Waals surface area (Å²) in [5.41, 5.74) is 5.94. The smallest absolute Gasteiger partial charge is 0.387 e. The van der Waals surface area contributed by atoms with Gasteiger partial charge in [0, 0.05) is 18.3 Å². The van der Waals surface area contributed by atoms with E-state index in [2.05, 4.69) is 10.1 Å². The van der Waals surface area contributed by atoms with Crippen molar-refractivity contribution < 1.29 is 18.3 Å². The van der Waals surface area contributed by atoms with Gasteiger partial charge in [-0.3, -0.25) is 4.79 Å². The number of alkyl halides is 2. The van der Waals surface area contributed by atoms with Gasteiger partial charge < -0.3 is 15.8 Å². The number of hydrogen-bond donors (Lipinski definition) is 2. The first-order valence-electron chi connectivity index (χ1n) is 5.99. The molecule has 1 amide bonds. The lowest BCUT2D eigenvalue weighted by Gasteiger charge is -2.18. The summed E-state index contributed by atoms with van der Waals surface area (Å²) in [7, 11) is 0. The SMILES string of the molecule is CC(C)C(CN)C(=O)Nc1cccc(OC(F)F)c1. The maximum atomic E-state index is 12.1. The number of nitrogens with two attached hydrogens (primary N) is 1. The van der Waals surface area contributed by atoms with Crippen LogP contribution in [0.25, 0.3) is 0 Å². The third-order valence-electron chi connectivity index (χ3n) is 2.72. The van der Waals surface area contributed by atoms with Gasteiger partial charge in [-0.05, 0) is 18.1 Å². The van der Waals surface area contributed by atoms with Crippen molar-refractivity contribution in [3.63, 3.8) is 0 Å². The normalized spacial score (nSPS) is 12.6. The van der Waals surface area contributed by atoms with E-state index in [9.17, 15) is 13.6 Å². The van der Waals surface area contributed by atoms with Gasteiger partial charge in [0.25, 0.3) is 0 Å². The number of ether oxygens (including phenoxy) is 1. The van der Waals surface area contributed by atoms with Gasteiger partial charge in [-0.25, -0.2) is 0 Å². The topological polar surface area (TPSA) is 64.4 Å². The van der Waals surface area contributed by atoms with Gasteiger partial charge in [-0.1, -0.05) is 19.9 Å². The van der Waals surface area contributed by atoms with Gasteiger partial charge in [0.05, 0.1) is 5.92 Å². The second-order valence-corrected chi connectivity index (χ2v) is 4.48. The largest absolute Gasteiger partial charge is 0.435 e. The first-order chi connectivity index (χ1) is 8.93. The quantitative estimate of drug-likeness (QED) is 0.836. The Labute approximate surface area is 110 Å². The maximum Gasteiger partial charge on any atom is 0.387 e. The zero-order chi connectivity index (χ0) is 14.4. The fourth-order valence-corrected chi connectivity index (χ4v) is 1.67. The van der Waals surface area contributed by atoms with Crippen LogP contribution in [-0.4, -0.2) is 19.1 Å². The Hall–Kier alpha value is -1.69. The molecule has 0 aromatic heterocycles. The second kappa shape index (κ2) is 7.04. The van der Waals surface area contributed by atoms with Gasteiger partial charge in [-0.15, -0.1) is 0 Å². The van der Waals surface area contributed by atoms with Crippen molar-refractivity contribution in [2.45, 2.75) is 20.5 Å². The standard InChI is InChI=1S/C13H18F2N2O2/c1-8(2)11(7-16)12(18)17-9-4-3-5-10(6-9)19-13(14)15/h3-6,8,11,13H,7,16H2,1-2H3,(H,17,18). The number of carbonyl (C=O) groups excluding carboxylic acids is 1. The number of halogens is 2. The summed E-state index contributed by atoms with van der Waals surface area (Å²) < 4.78 is 28.4. The highest BCUT2D eigenvalue weighted by atomic mass is 19.3. The molecule has 106 valence electrons. The maximum absolute atomic E-state index is 12.1. The summed E-state index contributed by atoms with van der Waals surface area (Å²) in [5, 5.41) is 2.64. The van der Waals surface area contributed by atoms with Crippen LogP contribution in [0.5, 0.6) is 5.75 Å². The molecular formula is C13H18F2N2O2. The average molecular weight is 272 g/mol. The molecule has 1 unspecified atom stereocenters. The Morgan fingerprint density at radius 2 is 2.11 bits per heavy atom. The first kappa shape index (κ1) is 15.4. The number of benzene rings is 1. The Kier molecular flexibility index (Phi) is 5.69. The molecule has 4 nitrogen and oxygen atoms in total. The highest BCUT2D eigenvalue weighted by molar-refractivity contribution is 5.93. The molecule has 0 saturated heterocycles. The molecule has 19 heavy (non-hydrogen) atoms. The number of nitrogens with one attached hydrogen (secondary N) is 1. The van der Waals surface area contributed by atoms with Crippen molar-refractivity contribution in [3.8, 4) is 5.75 Å². The van der Waals surface area contributed by atoms with E-state index in [0.717, 1.165) is 0 Å². The number of hydrogen-bond acceptors (Lipinski definition) is 3. The van der Waals surface area contributed by atoms with Crippen LogP contribution in [0, 0.1) is 11.8 Å². The number of amides is 1. The highest BCUT2D eigenvalue weighted by Gasteiger charge is 2.20. The second-order valence-electron chi connectivity index (χ2n) is 4.48. The number of rotatable bonds is 6. The van der Waals surface area contributed by atoms with Gasteiger partial charge in [0.1, 0.15) is 5.75 Å². The fourth-order valence-electron chi connectivity index (χ4n) is 1.67. The van der Waals surface area contributed by atoms with Crippen LogP contribution in [-0.2, 0) is 4.79 Å². The Bertz CT molecular complexity index is 425. The molecule has 1 atom stereocenters. The molecule has 1 aromatic rings. The Morgan fingerprint density at radius 3 is 2.63 bits per heavy atom. The van der Waals surface area contributed by atoms with E-state index in [1.54, 1.807) is 6.07 Å². The molecule has 0 spiro atoms. The lowest BCUT2D eigenvalue weighted by atomic mass is 9.95. The molecule has 0 aliphatic heterocycles. The molecule has 0 fully saturated rings. The lowest BCUT2D eigenvalue weighted by molar-refractivity contribution is -0.120. The molecule has 0 aliphatic carbocycles. The van der Waals surface area contributed by atoms with Crippen LogP contribution in [0.1, 0.15) is 13.8 Å². The number of anilines is 1. The van der Waals surface area contributed by atoms with E-state index >= 15 is 0 Å². The highest BCUT2D eigenvalue weighted by Crippen LogP contribution is 2.20. The van der Waals surface area contributed by atoms with Crippen LogP contribution in [0.2, 0.25) is 0 Å². The van der Waals surface area contributed by atoms with E-state index < -0.39 is 6.61 Å². The van der Waals surface area contributed by atoms with Crippen LogP contribution < -0.4 is 15.8 Å². The van der Waals surface area contributed by atoms with Crippen molar-refractivity contribution in [1.82, 2.24) is 0 Å². The molecule has 0 aliphatic rings. The molecule has 6 heteroatoms. The summed E-state index contributed by atoms with van der Waals surface area (Å²) in [6.45, 7) is 1.14. The van der Waals surface area contributed by atoms with E-state index in [4.69, 9.17) is 5.73 Å².